The highest BCUT2D eigenvalue weighted by Gasteiger charge is 2.62. The fraction of sp³-hybridized carbons (Fsp3) is 0.481. The molecule has 0 bridgehead atoms. The van der Waals surface area contributed by atoms with Crippen molar-refractivity contribution in [2.24, 2.45) is 11.8 Å². The van der Waals surface area contributed by atoms with Crippen molar-refractivity contribution in [2.75, 3.05) is 19.6 Å². The standard InChI is InChI=1S/C27H27F5N2O4S/c1-25(29,27(30,31)32)17-3-9-21-16(14-17)2-8-22-20(24(36)34-13-12-33-23(35)15-34)10-11-26(21,22)39(37,38)19-6-4-18(28)5-7-19/h3-7,9,14,20,22H,2,8,10-13,15H2,1H3,(H,33,35)/t20-,22+,25?,26-/m1/s1. The Kier molecular flexibility index (Phi) is 6.55. The van der Waals surface area contributed by atoms with E-state index in [2.05, 4.69) is 5.32 Å². The van der Waals surface area contributed by atoms with Gasteiger partial charge in [-0.1, -0.05) is 18.2 Å². The number of fused-ring (bicyclic) bond motifs is 3. The Morgan fingerprint density at radius 1 is 1.08 bits per heavy atom. The summed E-state index contributed by atoms with van der Waals surface area (Å²) in [6.07, 6.45) is -4.71. The van der Waals surface area contributed by atoms with Crippen LogP contribution in [-0.2, 0) is 36.3 Å². The van der Waals surface area contributed by atoms with Crippen LogP contribution in [0.25, 0.3) is 0 Å². The number of carbonyl (C=O) groups is 2. The quantitative estimate of drug-likeness (QED) is 0.442. The maximum atomic E-state index is 14.8. The molecule has 0 radical (unpaired) electrons. The lowest BCUT2D eigenvalue weighted by atomic mass is 9.72. The van der Waals surface area contributed by atoms with E-state index < -0.39 is 49.6 Å². The van der Waals surface area contributed by atoms with E-state index in [9.17, 15) is 40.0 Å². The van der Waals surface area contributed by atoms with Gasteiger partial charge in [0.15, 0.2) is 9.84 Å². The topological polar surface area (TPSA) is 83.6 Å². The van der Waals surface area contributed by atoms with Crippen LogP contribution in [0, 0.1) is 17.7 Å². The number of hydrogen-bond acceptors (Lipinski definition) is 4. The average Bonchev–Trinajstić information content (AvgIpc) is 3.29. The Morgan fingerprint density at radius 3 is 2.41 bits per heavy atom. The van der Waals surface area contributed by atoms with Crippen molar-refractivity contribution in [3.05, 3.63) is 65.0 Å². The first-order valence-electron chi connectivity index (χ1n) is 12.7. The zero-order chi connectivity index (χ0) is 28.4. The maximum Gasteiger partial charge on any atom is 0.426 e. The summed E-state index contributed by atoms with van der Waals surface area (Å²) in [6.45, 7) is 0.822. The molecular weight excluding hydrogens is 543 g/mol. The molecule has 1 aliphatic heterocycles. The van der Waals surface area contributed by atoms with Crippen molar-refractivity contribution < 1.29 is 40.0 Å². The molecule has 0 spiro atoms. The van der Waals surface area contributed by atoms with E-state index >= 15 is 0 Å². The minimum atomic E-state index is -5.18. The molecule has 6 nitrogen and oxygen atoms in total. The number of rotatable bonds is 4. The molecule has 210 valence electrons. The van der Waals surface area contributed by atoms with Gasteiger partial charge < -0.3 is 10.2 Å². The number of carbonyl (C=O) groups excluding carboxylic acids is 2. The smallest absolute Gasteiger partial charge is 0.353 e. The first-order valence-corrected chi connectivity index (χ1v) is 14.1. The number of hydrogen-bond donors (Lipinski definition) is 1. The van der Waals surface area contributed by atoms with Gasteiger partial charge in [0, 0.05) is 19.0 Å². The van der Waals surface area contributed by atoms with Gasteiger partial charge in [-0.15, -0.1) is 0 Å². The highest BCUT2D eigenvalue weighted by atomic mass is 32.2. The first kappa shape index (κ1) is 27.5. The third-order valence-corrected chi connectivity index (χ3v) is 11.1. The molecule has 1 unspecified atom stereocenters. The maximum absolute atomic E-state index is 14.8. The Morgan fingerprint density at radius 2 is 1.77 bits per heavy atom. The highest BCUT2D eigenvalue weighted by molar-refractivity contribution is 7.92. The minimum absolute atomic E-state index is 0.00761. The summed E-state index contributed by atoms with van der Waals surface area (Å²) in [7, 11) is -4.31. The molecule has 4 atom stereocenters. The lowest BCUT2D eigenvalue weighted by Gasteiger charge is -2.43. The third kappa shape index (κ3) is 4.22. The van der Waals surface area contributed by atoms with Crippen molar-refractivity contribution in [1.82, 2.24) is 10.2 Å². The van der Waals surface area contributed by atoms with Crippen molar-refractivity contribution >= 4 is 21.7 Å². The molecule has 2 aromatic carbocycles. The highest BCUT2D eigenvalue weighted by Crippen LogP contribution is 2.60. The molecule has 2 aromatic rings. The average molecular weight is 571 g/mol. The molecule has 2 amide bonds. The van der Waals surface area contributed by atoms with Crippen LogP contribution in [0.3, 0.4) is 0 Å². The van der Waals surface area contributed by atoms with Crippen molar-refractivity contribution in [3.63, 3.8) is 0 Å². The van der Waals surface area contributed by atoms with Crippen LogP contribution < -0.4 is 5.32 Å². The van der Waals surface area contributed by atoms with E-state index in [1.165, 1.54) is 11.0 Å². The first-order chi connectivity index (χ1) is 18.2. The Balaban J connectivity index is 1.64. The molecular formula is C27H27F5N2O4S. The van der Waals surface area contributed by atoms with E-state index in [4.69, 9.17) is 0 Å². The lowest BCUT2D eigenvalue weighted by molar-refractivity contribution is -0.228. The van der Waals surface area contributed by atoms with Crippen LogP contribution in [0.1, 0.15) is 42.9 Å². The number of nitrogens with one attached hydrogen (secondary N) is 1. The Bertz CT molecular complexity index is 1420. The van der Waals surface area contributed by atoms with Crippen LogP contribution in [0.5, 0.6) is 0 Å². The largest absolute Gasteiger partial charge is 0.426 e. The summed E-state index contributed by atoms with van der Waals surface area (Å²) in [4.78, 5) is 26.7. The molecule has 2 aliphatic carbocycles. The Labute approximate surface area is 222 Å². The number of amides is 2. The van der Waals surface area contributed by atoms with Crippen LogP contribution in [0.15, 0.2) is 47.4 Å². The summed E-state index contributed by atoms with van der Waals surface area (Å²) in [5.74, 6) is -2.81. The van der Waals surface area contributed by atoms with Crippen LogP contribution in [0.2, 0.25) is 0 Å². The lowest BCUT2D eigenvalue weighted by Crippen LogP contribution is -2.53. The van der Waals surface area contributed by atoms with E-state index in [1.807, 2.05) is 0 Å². The summed E-state index contributed by atoms with van der Waals surface area (Å²) >= 11 is 0. The number of alkyl halides is 4. The van der Waals surface area contributed by atoms with Gasteiger partial charge in [-0.2, -0.15) is 13.2 Å². The molecule has 0 aromatic heterocycles. The van der Waals surface area contributed by atoms with Gasteiger partial charge in [0.2, 0.25) is 17.5 Å². The number of nitrogens with zero attached hydrogens (tertiary/aromatic N) is 1. The normalized spacial score (nSPS) is 26.8. The zero-order valence-corrected chi connectivity index (χ0v) is 21.8. The van der Waals surface area contributed by atoms with Gasteiger partial charge >= 0.3 is 6.18 Å². The summed E-state index contributed by atoms with van der Waals surface area (Å²) < 4.78 is 95.9. The minimum Gasteiger partial charge on any atom is -0.353 e. The van der Waals surface area contributed by atoms with Crippen molar-refractivity contribution in [3.8, 4) is 0 Å². The second-order valence-corrected chi connectivity index (χ2v) is 12.8. The number of benzene rings is 2. The SMILES string of the molecule is CC(F)(c1ccc2c(c1)CC[C@H]1[C@H](C(=O)N3CCNC(=O)C3)CC[C@@]21S(=O)(=O)c1ccc(F)cc1)C(F)(F)F. The summed E-state index contributed by atoms with van der Waals surface area (Å²) in [5, 5.41) is 2.64. The number of aryl methyl sites for hydroxylation is 1. The number of halogens is 5. The molecule has 2 fully saturated rings. The fourth-order valence-electron chi connectivity index (χ4n) is 6.49. The van der Waals surface area contributed by atoms with Gasteiger partial charge in [0.25, 0.3) is 0 Å². The second kappa shape index (κ2) is 9.28. The molecule has 1 heterocycles. The molecule has 12 heteroatoms. The van der Waals surface area contributed by atoms with Gasteiger partial charge in [0.05, 0.1) is 11.4 Å². The summed E-state index contributed by atoms with van der Waals surface area (Å²) in [6, 6.07) is 7.55. The molecule has 1 saturated carbocycles. The van der Waals surface area contributed by atoms with E-state index in [0.29, 0.717) is 6.92 Å². The predicted molar refractivity (Wildman–Crippen MR) is 130 cm³/mol. The van der Waals surface area contributed by atoms with Crippen LogP contribution in [-0.4, -0.2) is 50.9 Å². The number of sulfone groups is 1. The van der Waals surface area contributed by atoms with Gasteiger partial charge in [-0.3, -0.25) is 9.59 Å². The van der Waals surface area contributed by atoms with Crippen molar-refractivity contribution in [2.45, 2.75) is 54.1 Å². The third-order valence-electron chi connectivity index (χ3n) is 8.54. The van der Waals surface area contributed by atoms with E-state index in [1.54, 1.807) is 0 Å². The Hall–Kier alpha value is -3.02. The summed E-state index contributed by atoms with van der Waals surface area (Å²) in [5.41, 5.74) is -3.78. The zero-order valence-electron chi connectivity index (χ0n) is 21.0. The number of piperazine rings is 1. The van der Waals surface area contributed by atoms with E-state index in [0.717, 1.165) is 36.4 Å². The molecule has 1 saturated heterocycles. The van der Waals surface area contributed by atoms with Gasteiger partial charge in [-0.25, -0.2) is 17.2 Å². The van der Waals surface area contributed by atoms with Crippen molar-refractivity contribution in [1.29, 1.82) is 0 Å². The molecule has 5 rings (SSSR count). The second-order valence-electron chi connectivity index (χ2n) is 10.6. The van der Waals surface area contributed by atoms with Crippen LogP contribution >= 0.6 is 0 Å². The van der Waals surface area contributed by atoms with Gasteiger partial charge in [-0.05, 0) is 79.5 Å². The molecule has 3 aliphatic rings. The molecule has 1 N–H and O–H groups in total. The van der Waals surface area contributed by atoms with E-state index in [-0.39, 0.29) is 73.2 Å². The molecule has 39 heavy (non-hydrogen) atoms. The van der Waals surface area contributed by atoms with Crippen LogP contribution in [0.4, 0.5) is 22.0 Å². The van der Waals surface area contributed by atoms with Gasteiger partial charge in [0.1, 0.15) is 10.6 Å². The predicted octanol–water partition coefficient (Wildman–Crippen LogP) is 4.17. The fourth-order valence-corrected chi connectivity index (χ4v) is 8.96. The monoisotopic (exact) mass is 570 g/mol.